The number of hydrogen-bond donors (Lipinski definition) is 1. The smallest absolute Gasteiger partial charge is 0.243 e. The number of amides is 2. The second-order valence-corrected chi connectivity index (χ2v) is 9.75. The van der Waals surface area contributed by atoms with Crippen molar-refractivity contribution in [2.75, 3.05) is 29.9 Å². The van der Waals surface area contributed by atoms with Gasteiger partial charge in [0.15, 0.2) is 0 Å². The van der Waals surface area contributed by atoms with E-state index < -0.39 is 15.9 Å². The van der Waals surface area contributed by atoms with E-state index in [0.29, 0.717) is 25.3 Å². The van der Waals surface area contributed by atoms with Crippen molar-refractivity contribution in [2.45, 2.75) is 31.1 Å². The molecule has 0 bridgehead atoms. The fourth-order valence-corrected chi connectivity index (χ4v) is 5.53. The predicted octanol–water partition coefficient (Wildman–Crippen LogP) is 2.77. The van der Waals surface area contributed by atoms with Gasteiger partial charge in [0.1, 0.15) is 0 Å². The van der Waals surface area contributed by atoms with Crippen LogP contribution in [0.25, 0.3) is 0 Å². The molecule has 0 aromatic heterocycles. The van der Waals surface area contributed by atoms with Crippen molar-refractivity contribution in [1.29, 1.82) is 0 Å². The van der Waals surface area contributed by atoms with Gasteiger partial charge in [0.25, 0.3) is 0 Å². The van der Waals surface area contributed by atoms with E-state index in [0.717, 1.165) is 24.1 Å². The molecule has 8 heteroatoms. The van der Waals surface area contributed by atoms with Crippen LogP contribution < -0.4 is 10.2 Å². The van der Waals surface area contributed by atoms with Crippen molar-refractivity contribution >= 4 is 33.2 Å². The van der Waals surface area contributed by atoms with Crippen molar-refractivity contribution in [1.82, 2.24) is 4.31 Å². The van der Waals surface area contributed by atoms with Gasteiger partial charge in [-0.3, -0.25) is 9.59 Å². The molecule has 0 saturated carbocycles. The fraction of sp³-hybridized carbons (Fsp3) is 0.364. The third kappa shape index (κ3) is 3.97. The Balaban J connectivity index is 1.42. The van der Waals surface area contributed by atoms with E-state index in [-0.39, 0.29) is 23.1 Å². The van der Waals surface area contributed by atoms with Gasteiger partial charge in [-0.05, 0) is 55.7 Å². The first kappa shape index (κ1) is 20.6. The van der Waals surface area contributed by atoms with E-state index in [1.54, 1.807) is 17.0 Å². The third-order valence-electron chi connectivity index (χ3n) is 5.73. The van der Waals surface area contributed by atoms with Crippen LogP contribution in [0.4, 0.5) is 11.4 Å². The maximum Gasteiger partial charge on any atom is 0.243 e. The maximum atomic E-state index is 12.7. The summed E-state index contributed by atoms with van der Waals surface area (Å²) in [6.07, 6.45) is 1.92. The van der Waals surface area contributed by atoms with Gasteiger partial charge >= 0.3 is 0 Å². The number of sulfonamides is 1. The number of aryl methyl sites for hydroxylation is 1. The number of rotatable bonds is 5. The molecule has 2 aromatic carbocycles. The fourth-order valence-electron chi connectivity index (χ4n) is 4.01. The quantitative estimate of drug-likeness (QED) is 0.795. The summed E-state index contributed by atoms with van der Waals surface area (Å²) in [7, 11) is -3.48. The number of nitrogens with zero attached hydrogens (tertiary/aromatic N) is 2. The Morgan fingerprint density at radius 3 is 2.37 bits per heavy atom. The Hall–Kier alpha value is -2.71. The van der Waals surface area contributed by atoms with Gasteiger partial charge in [0.2, 0.25) is 21.8 Å². The average Bonchev–Trinajstić information content (AvgIpc) is 3.39. The SMILES string of the molecule is Cc1ccccc1N1C[C@@H](C(=O)Nc2ccc(S(=O)(=O)N3CCCC3)cc2)CC1=O. The van der Waals surface area contributed by atoms with Crippen LogP contribution in [0.1, 0.15) is 24.8 Å². The molecule has 30 heavy (non-hydrogen) atoms. The van der Waals surface area contributed by atoms with Crippen LogP contribution in [0.5, 0.6) is 0 Å². The van der Waals surface area contributed by atoms with E-state index in [2.05, 4.69) is 5.32 Å². The van der Waals surface area contributed by atoms with Crippen LogP contribution in [-0.2, 0) is 19.6 Å². The number of para-hydroxylation sites is 1. The molecule has 2 aliphatic heterocycles. The second kappa shape index (κ2) is 8.20. The number of anilines is 2. The van der Waals surface area contributed by atoms with Crippen LogP contribution in [0.15, 0.2) is 53.4 Å². The largest absolute Gasteiger partial charge is 0.326 e. The van der Waals surface area contributed by atoms with Gasteiger partial charge in [-0.15, -0.1) is 0 Å². The van der Waals surface area contributed by atoms with Gasteiger partial charge in [-0.1, -0.05) is 18.2 Å². The molecular formula is C22H25N3O4S. The lowest BCUT2D eigenvalue weighted by Gasteiger charge is -2.19. The van der Waals surface area contributed by atoms with E-state index >= 15 is 0 Å². The summed E-state index contributed by atoms with van der Waals surface area (Å²) in [5, 5.41) is 2.81. The number of benzene rings is 2. The predicted molar refractivity (Wildman–Crippen MR) is 115 cm³/mol. The Labute approximate surface area is 176 Å². The lowest BCUT2D eigenvalue weighted by molar-refractivity contribution is -0.122. The molecule has 0 unspecified atom stereocenters. The molecule has 1 atom stereocenters. The minimum absolute atomic E-state index is 0.0727. The van der Waals surface area contributed by atoms with Crippen LogP contribution in [0.2, 0.25) is 0 Å². The maximum absolute atomic E-state index is 12.7. The average molecular weight is 428 g/mol. The molecule has 0 aliphatic carbocycles. The second-order valence-electron chi connectivity index (χ2n) is 7.82. The first-order valence-corrected chi connectivity index (χ1v) is 11.6. The summed E-state index contributed by atoms with van der Waals surface area (Å²) in [5.41, 5.74) is 2.33. The lowest BCUT2D eigenvalue weighted by Crippen LogP contribution is -2.29. The number of carbonyl (C=O) groups excluding carboxylic acids is 2. The molecule has 7 nitrogen and oxygen atoms in total. The number of carbonyl (C=O) groups is 2. The molecule has 0 spiro atoms. The topological polar surface area (TPSA) is 86.8 Å². The molecule has 2 aromatic rings. The Morgan fingerprint density at radius 2 is 1.70 bits per heavy atom. The van der Waals surface area contributed by atoms with Gasteiger partial charge in [-0.2, -0.15) is 4.31 Å². The highest BCUT2D eigenvalue weighted by Crippen LogP contribution is 2.29. The Morgan fingerprint density at radius 1 is 1.03 bits per heavy atom. The van der Waals surface area contributed by atoms with Crippen molar-refractivity contribution in [2.24, 2.45) is 5.92 Å². The van der Waals surface area contributed by atoms with Gasteiger partial charge in [-0.25, -0.2) is 8.42 Å². The first-order chi connectivity index (χ1) is 14.4. The molecular weight excluding hydrogens is 402 g/mol. The van der Waals surface area contributed by atoms with Crippen molar-refractivity contribution in [3.05, 3.63) is 54.1 Å². The van der Waals surface area contributed by atoms with Gasteiger partial charge in [0.05, 0.1) is 10.8 Å². The van der Waals surface area contributed by atoms with E-state index in [9.17, 15) is 18.0 Å². The molecule has 2 aliphatic rings. The van der Waals surface area contributed by atoms with E-state index in [4.69, 9.17) is 0 Å². The molecule has 2 saturated heterocycles. The van der Waals surface area contributed by atoms with E-state index in [1.807, 2.05) is 31.2 Å². The van der Waals surface area contributed by atoms with Crippen molar-refractivity contribution in [3.63, 3.8) is 0 Å². The van der Waals surface area contributed by atoms with Crippen molar-refractivity contribution < 1.29 is 18.0 Å². The van der Waals surface area contributed by atoms with Crippen LogP contribution in [0, 0.1) is 12.8 Å². The summed E-state index contributed by atoms with van der Waals surface area (Å²) in [6, 6.07) is 13.8. The van der Waals surface area contributed by atoms with Gasteiger partial charge < -0.3 is 10.2 Å². The zero-order chi connectivity index (χ0) is 21.3. The highest BCUT2D eigenvalue weighted by molar-refractivity contribution is 7.89. The Bertz CT molecular complexity index is 1060. The zero-order valence-corrected chi connectivity index (χ0v) is 17.7. The summed E-state index contributed by atoms with van der Waals surface area (Å²) in [4.78, 5) is 27.0. The highest BCUT2D eigenvalue weighted by atomic mass is 32.2. The standard InChI is InChI=1S/C22H25N3O4S/c1-16-6-2-3-7-20(16)25-15-17(14-21(25)26)22(27)23-18-8-10-19(11-9-18)30(28,29)24-12-4-5-13-24/h2-3,6-11,17H,4-5,12-15H2,1H3,(H,23,27)/t17-/m0/s1. The third-order valence-corrected chi connectivity index (χ3v) is 7.64. The molecule has 158 valence electrons. The van der Waals surface area contributed by atoms with Crippen LogP contribution in [-0.4, -0.2) is 44.2 Å². The molecule has 0 radical (unpaired) electrons. The monoisotopic (exact) mass is 427 g/mol. The van der Waals surface area contributed by atoms with Crippen LogP contribution in [0.3, 0.4) is 0 Å². The number of hydrogen-bond acceptors (Lipinski definition) is 4. The van der Waals surface area contributed by atoms with Crippen molar-refractivity contribution in [3.8, 4) is 0 Å². The number of nitrogens with one attached hydrogen (secondary N) is 1. The molecule has 2 heterocycles. The van der Waals surface area contributed by atoms with Gasteiger partial charge in [0, 0.05) is 37.4 Å². The zero-order valence-electron chi connectivity index (χ0n) is 16.9. The Kier molecular flexibility index (Phi) is 5.62. The molecule has 2 fully saturated rings. The summed E-state index contributed by atoms with van der Waals surface area (Å²) in [5.74, 6) is -0.767. The molecule has 2 amide bonds. The van der Waals surface area contributed by atoms with Crippen LogP contribution >= 0.6 is 0 Å². The summed E-state index contributed by atoms with van der Waals surface area (Å²) < 4.78 is 26.7. The normalized spacial score (nSPS) is 20.0. The summed E-state index contributed by atoms with van der Waals surface area (Å²) >= 11 is 0. The van der Waals surface area contributed by atoms with E-state index in [1.165, 1.54) is 16.4 Å². The molecule has 1 N–H and O–H groups in total. The minimum atomic E-state index is -3.48. The lowest BCUT2D eigenvalue weighted by atomic mass is 10.1. The first-order valence-electron chi connectivity index (χ1n) is 10.1. The minimum Gasteiger partial charge on any atom is -0.326 e. The molecule has 4 rings (SSSR count). The summed E-state index contributed by atoms with van der Waals surface area (Å²) in [6.45, 7) is 3.37. The highest BCUT2D eigenvalue weighted by Gasteiger charge is 2.35.